The third-order valence-corrected chi connectivity index (χ3v) is 2.20. The van der Waals surface area contributed by atoms with E-state index >= 15 is 0 Å². The van der Waals surface area contributed by atoms with Crippen molar-refractivity contribution >= 4 is 5.91 Å². The Labute approximate surface area is 91.9 Å². The number of rotatable bonds is 4. The van der Waals surface area contributed by atoms with Crippen LogP contribution in [0.25, 0.3) is 0 Å². The van der Waals surface area contributed by atoms with Gasteiger partial charge in [-0.3, -0.25) is 9.69 Å². The number of hydrogen-bond acceptors (Lipinski definition) is 2. The number of carbonyl (C=O) groups is 1. The van der Waals surface area contributed by atoms with Gasteiger partial charge in [0, 0.05) is 5.41 Å². The van der Waals surface area contributed by atoms with Gasteiger partial charge in [-0.15, -0.1) is 0 Å². The van der Waals surface area contributed by atoms with E-state index in [-0.39, 0.29) is 24.8 Å². The van der Waals surface area contributed by atoms with Gasteiger partial charge < -0.3 is 10.2 Å². The average molecular weight is 218 g/mol. The first-order valence-electron chi connectivity index (χ1n) is 5.19. The van der Waals surface area contributed by atoms with E-state index in [9.17, 15) is 4.79 Å². The lowest BCUT2D eigenvalue weighted by atomic mass is 9.75. The minimum Gasteiger partial charge on any atom is -0.429 e. The molecule has 0 aromatic rings. The van der Waals surface area contributed by atoms with Crippen LogP contribution >= 0.6 is 0 Å². The quantitative estimate of drug-likeness (QED) is 0.563. The van der Waals surface area contributed by atoms with E-state index in [0.29, 0.717) is 0 Å². The second kappa shape index (κ2) is 4.94. The van der Waals surface area contributed by atoms with Crippen molar-refractivity contribution in [3.05, 3.63) is 0 Å². The third kappa shape index (κ3) is 4.62. The van der Waals surface area contributed by atoms with Crippen molar-refractivity contribution in [1.82, 2.24) is 4.90 Å². The SMILES string of the molecule is CC(C)(C)CC(C)(C)C(=O)N(CO)C[OH2+]. The maximum absolute atomic E-state index is 12.0. The zero-order valence-corrected chi connectivity index (χ0v) is 10.4. The van der Waals surface area contributed by atoms with Crippen molar-refractivity contribution < 1.29 is 15.0 Å². The summed E-state index contributed by atoms with van der Waals surface area (Å²) in [6, 6.07) is 0. The standard InChI is InChI=1S/C11H23NO3/c1-10(2,3)6-11(4,5)9(15)12(7-13)8-14/h13-14H,6-8H2,1-5H3/p+1. The Morgan fingerprint density at radius 2 is 1.73 bits per heavy atom. The van der Waals surface area contributed by atoms with Gasteiger partial charge in [0.1, 0.15) is 6.73 Å². The summed E-state index contributed by atoms with van der Waals surface area (Å²) in [6.07, 6.45) is 0.731. The van der Waals surface area contributed by atoms with E-state index in [0.717, 1.165) is 11.3 Å². The van der Waals surface area contributed by atoms with E-state index < -0.39 is 5.41 Å². The molecule has 0 heterocycles. The van der Waals surface area contributed by atoms with Gasteiger partial charge >= 0.3 is 0 Å². The summed E-state index contributed by atoms with van der Waals surface area (Å²) in [5.41, 5.74) is -0.468. The molecule has 0 aliphatic heterocycles. The molecule has 4 heteroatoms. The number of nitrogens with zero attached hydrogens (tertiary/aromatic N) is 1. The predicted octanol–water partition coefficient (Wildman–Crippen LogP) is 0.909. The highest BCUT2D eigenvalue weighted by atomic mass is 16.3. The largest absolute Gasteiger partial charge is 0.429 e. The molecule has 0 atom stereocenters. The number of hydrogen-bond donors (Lipinski definition) is 1. The summed E-state index contributed by atoms with van der Waals surface area (Å²) in [6.45, 7) is 9.38. The lowest BCUT2D eigenvalue weighted by molar-refractivity contribution is -0.150. The Bertz CT molecular complexity index is 214. The number of carbonyl (C=O) groups excluding carboxylic acids is 1. The first kappa shape index (κ1) is 14.4. The number of aliphatic hydroxyl groups is 1. The summed E-state index contributed by atoms with van der Waals surface area (Å²) < 4.78 is 0. The molecule has 0 saturated heterocycles. The molecule has 0 aromatic heterocycles. The van der Waals surface area contributed by atoms with Crippen LogP contribution in [0.1, 0.15) is 41.0 Å². The van der Waals surface area contributed by atoms with Crippen molar-refractivity contribution in [2.75, 3.05) is 13.5 Å². The van der Waals surface area contributed by atoms with Crippen LogP contribution in [0.5, 0.6) is 0 Å². The van der Waals surface area contributed by atoms with Gasteiger partial charge in [0.05, 0.1) is 0 Å². The monoisotopic (exact) mass is 218 g/mol. The Morgan fingerprint density at radius 3 is 2.00 bits per heavy atom. The van der Waals surface area contributed by atoms with Gasteiger partial charge in [-0.1, -0.05) is 34.6 Å². The Balaban J connectivity index is 4.64. The minimum absolute atomic E-state index is 0.0579. The molecule has 0 spiro atoms. The summed E-state index contributed by atoms with van der Waals surface area (Å²) in [7, 11) is 0. The van der Waals surface area contributed by atoms with Gasteiger partial charge in [-0.2, -0.15) is 0 Å². The second-order valence-corrected chi connectivity index (χ2v) is 5.77. The van der Waals surface area contributed by atoms with E-state index in [2.05, 4.69) is 20.8 Å². The Kier molecular flexibility index (Phi) is 4.74. The van der Waals surface area contributed by atoms with Gasteiger partial charge in [-0.25, -0.2) is 0 Å². The molecule has 1 amide bonds. The smallest absolute Gasteiger partial charge is 0.235 e. The first-order chi connectivity index (χ1) is 6.64. The fraction of sp³-hybridized carbons (Fsp3) is 0.909. The molecule has 0 saturated carbocycles. The lowest BCUT2D eigenvalue weighted by Gasteiger charge is -2.33. The molecule has 0 aliphatic carbocycles. The number of amides is 1. The Hall–Kier alpha value is -0.610. The molecule has 3 N–H and O–H groups in total. The Morgan fingerprint density at radius 1 is 1.27 bits per heavy atom. The minimum atomic E-state index is -0.526. The highest BCUT2D eigenvalue weighted by molar-refractivity contribution is 5.81. The molecule has 0 rings (SSSR count). The van der Waals surface area contributed by atoms with Gasteiger partial charge in [0.25, 0.3) is 0 Å². The van der Waals surface area contributed by atoms with Crippen molar-refractivity contribution in [2.45, 2.75) is 41.0 Å². The zero-order chi connectivity index (χ0) is 12.3. The van der Waals surface area contributed by atoms with Crippen LogP contribution in [0.2, 0.25) is 0 Å². The molecule has 0 unspecified atom stereocenters. The van der Waals surface area contributed by atoms with E-state index in [1.165, 1.54) is 0 Å². The maximum Gasteiger partial charge on any atom is 0.235 e. The van der Waals surface area contributed by atoms with E-state index in [1.807, 2.05) is 13.8 Å². The van der Waals surface area contributed by atoms with Crippen LogP contribution in [0, 0.1) is 10.8 Å². The molecule has 90 valence electrons. The predicted molar refractivity (Wildman–Crippen MR) is 60.3 cm³/mol. The van der Waals surface area contributed by atoms with Crippen molar-refractivity contribution in [3.8, 4) is 0 Å². The van der Waals surface area contributed by atoms with E-state index in [4.69, 9.17) is 10.2 Å². The summed E-state index contributed by atoms with van der Waals surface area (Å²) in [5, 5.41) is 16.1. The fourth-order valence-electron chi connectivity index (χ4n) is 2.02. The van der Waals surface area contributed by atoms with Crippen molar-refractivity contribution in [2.24, 2.45) is 10.8 Å². The van der Waals surface area contributed by atoms with Crippen molar-refractivity contribution in [1.29, 1.82) is 0 Å². The third-order valence-electron chi connectivity index (χ3n) is 2.20. The van der Waals surface area contributed by atoms with Crippen molar-refractivity contribution in [3.63, 3.8) is 0 Å². The van der Waals surface area contributed by atoms with Crippen LogP contribution in [-0.2, 0) is 4.79 Å². The lowest BCUT2D eigenvalue weighted by Crippen LogP contribution is -2.43. The summed E-state index contributed by atoms with van der Waals surface area (Å²) >= 11 is 0. The van der Waals surface area contributed by atoms with Gasteiger partial charge in [0.15, 0.2) is 0 Å². The second-order valence-electron chi connectivity index (χ2n) is 5.77. The molecular formula is C11H24NO3+. The fourth-order valence-corrected chi connectivity index (χ4v) is 2.02. The highest BCUT2D eigenvalue weighted by Gasteiger charge is 2.35. The van der Waals surface area contributed by atoms with Gasteiger partial charge in [-0.05, 0) is 11.8 Å². The molecule has 4 nitrogen and oxygen atoms in total. The molecule has 15 heavy (non-hydrogen) atoms. The topological polar surface area (TPSA) is 63.4 Å². The molecule has 0 aromatic carbocycles. The normalized spacial score (nSPS) is 12.7. The molecule has 0 radical (unpaired) electrons. The molecule has 0 bridgehead atoms. The van der Waals surface area contributed by atoms with Gasteiger partial charge in [0.2, 0.25) is 12.6 Å². The van der Waals surface area contributed by atoms with Crippen LogP contribution in [0.3, 0.4) is 0 Å². The maximum atomic E-state index is 12.0. The molecule has 0 fully saturated rings. The average Bonchev–Trinajstić information content (AvgIpc) is 2.01. The first-order valence-corrected chi connectivity index (χ1v) is 5.19. The summed E-state index contributed by atoms with van der Waals surface area (Å²) in [4.78, 5) is 13.1. The van der Waals surface area contributed by atoms with Crippen LogP contribution in [-0.4, -0.2) is 34.5 Å². The number of aliphatic hydroxyl groups excluding tert-OH is 1. The summed E-state index contributed by atoms with van der Waals surface area (Å²) in [5.74, 6) is -0.157. The molecule has 0 aliphatic rings. The van der Waals surface area contributed by atoms with Crippen LogP contribution < -0.4 is 0 Å². The molecular weight excluding hydrogens is 194 g/mol. The zero-order valence-electron chi connectivity index (χ0n) is 10.4. The van der Waals surface area contributed by atoms with Crippen LogP contribution in [0.15, 0.2) is 0 Å². The van der Waals surface area contributed by atoms with Crippen LogP contribution in [0.4, 0.5) is 0 Å². The highest BCUT2D eigenvalue weighted by Crippen LogP contribution is 2.34. The van der Waals surface area contributed by atoms with E-state index in [1.54, 1.807) is 0 Å².